The number of hydrogen-bond acceptors (Lipinski definition) is 6. The van der Waals surface area contributed by atoms with Crippen LogP contribution in [-0.2, 0) is 28.6 Å². The molecule has 1 unspecified atom stereocenters. The number of allylic oxidation sites excluding steroid dienone is 26. The molecule has 0 amide bonds. The van der Waals surface area contributed by atoms with Crippen molar-refractivity contribution in [2.45, 2.75) is 290 Å². The van der Waals surface area contributed by atoms with Gasteiger partial charge in [0, 0.05) is 19.3 Å². The Morgan fingerprint density at radius 3 is 0.744 bits per heavy atom. The van der Waals surface area contributed by atoms with Crippen molar-refractivity contribution in [1.82, 2.24) is 0 Å². The molecule has 0 saturated carbocycles. The minimum atomic E-state index is -0.805. The molecule has 0 rings (SSSR count). The van der Waals surface area contributed by atoms with Gasteiger partial charge >= 0.3 is 17.9 Å². The molecule has 0 radical (unpaired) electrons. The van der Waals surface area contributed by atoms with Crippen molar-refractivity contribution in [2.75, 3.05) is 13.2 Å². The molecule has 0 heterocycles. The van der Waals surface area contributed by atoms with E-state index in [1.165, 1.54) is 64.2 Å². The predicted octanol–water partition coefficient (Wildman–Crippen LogP) is 23.3. The summed E-state index contributed by atoms with van der Waals surface area (Å²) in [5.41, 5.74) is 0. The highest BCUT2D eigenvalue weighted by Crippen LogP contribution is 2.15. The minimum absolute atomic E-state index is 0.0986. The second kappa shape index (κ2) is 68.5. The molecule has 0 spiro atoms. The Morgan fingerprint density at radius 1 is 0.256 bits per heavy atom. The van der Waals surface area contributed by atoms with E-state index in [0.29, 0.717) is 19.3 Å². The van der Waals surface area contributed by atoms with Gasteiger partial charge in [-0.1, -0.05) is 281 Å². The maximum Gasteiger partial charge on any atom is 0.306 e. The second-order valence-corrected chi connectivity index (χ2v) is 21.6. The fourth-order valence-corrected chi connectivity index (χ4v) is 8.78. The molecule has 0 aliphatic carbocycles. The third-order valence-corrected chi connectivity index (χ3v) is 13.7. The van der Waals surface area contributed by atoms with Crippen LogP contribution in [0.1, 0.15) is 284 Å². The van der Waals surface area contributed by atoms with E-state index in [9.17, 15) is 14.4 Å². The van der Waals surface area contributed by atoms with Crippen LogP contribution in [-0.4, -0.2) is 37.2 Å². The summed E-state index contributed by atoms with van der Waals surface area (Å²) in [6.07, 6.45) is 99.6. The molecule has 0 aromatic rings. The lowest BCUT2D eigenvalue weighted by Crippen LogP contribution is -2.30. The molecule has 0 aliphatic heterocycles. The fourth-order valence-electron chi connectivity index (χ4n) is 8.78. The molecule has 0 N–H and O–H groups in total. The molecule has 1 atom stereocenters. The number of hydrogen-bond donors (Lipinski definition) is 0. The number of carbonyl (C=O) groups excluding carboxylic acids is 3. The smallest absolute Gasteiger partial charge is 0.306 e. The molecule has 0 aliphatic rings. The first-order valence-electron chi connectivity index (χ1n) is 33.5. The number of carbonyl (C=O) groups is 3. The Hall–Kier alpha value is -4.97. The average Bonchev–Trinajstić information content (AvgIpc) is 3.47. The van der Waals surface area contributed by atoms with E-state index in [1.807, 2.05) is 0 Å². The van der Waals surface area contributed by atoms with Crippen LogP contribution in [0, 0.1) is 0 Å². The monoisotopic (exact) mass is 1130 g/mol. The molecule has 0 bridgehead atoms. The normalized spacial score (nSPS) is 13.2. The zero-order valence-corrected chi connectivity index (χ0v) is 52.9. The standard InChI is InChI=1S/C76H122O6/c1-4-7-10-13-16-19-22-25-28-30-32-34-35-36-37-38-39-40-41-43-44-46-48-51-54-57-60-63-66-69-75(78)81-72-73(71-80-74(77)68-65-62-59-56-53-50-27-24-21-18-15-12-9-6-3)82-76(79)70-67-64-61-58-55-52-49-47-45-42-33-31-29-26-23-20-17-14-11-8-5-2/h7-8,10-11,15-20,24-29,32-34,36-37,39-40,42,47,49,73H,4-6,9,12-14,21-23,30-31,35,38,41,43-46,48,50-72H2,1-3H3/b10-7-,11-8-,18-15-,19-16-,20-17-,27-24-,28-25-,29-26-,34-32-,37-36-,40-39-,42-33-,49-47-. The molecular formula is C76H122O6. The Bertz CT molecular complexity index is 1830. The first kappa shape index (κ1) is 77.0. The largest absolute Gasteiger partial charge is 0.462 e. The number of ether oxygens (including phenoxy) is 3. The highest BCUT2D eigenvalue weighted by molar-refractivity contribution is 5.71. The van der Waals surface area contributed by atoms with Crippen molar-refractivity contribution in [3.63, 3.8) is 0 Å². The number of rotatable bonds is 59. The Morgan fingerprint density at radius 2 is 0.476 bits per heavy atom. The summed E-state index contributed by atoms with van der Waals surface area (Å²) in [4.78, 5) is 38.4. The van der Waals surface area contributed by atoms with Gasteiger partial charge in [-0.05, 0) is 141 Å². The summed E-state index contributed by atoms with van der Waals surface area (Å²) in [5.74, 6) is -0.936. The summed E-state index contributed by atoms with van der Waals surface area (Å²) < 4.78 is 16.9. The molecule has 462 valence electrons. The fraction of sp³-hybridized carbons (Fsp3) is 0.618. The van der Waals surface area contributed by atoms with Gasteiger partial charge in [-0.15, -0.1) is 0 Å². The van der Waals surface area contributed by atoms with Crippen molar-refractivity contribution in [3.8, 4) is 0 Å². The first-order valence-corrected chi connectivity index (χ1v) is 33.5. The number of unbranched alkanes of at least 4 members (excludes halogenated alkanes) is 22. The van der Waals surface area contributed by atoms with Gasteiger partial charge < -0.3 is 14.2 Å². The van der Waals surface area contributed by atoms with Crippen LogP contribution in [0.3, 0.4) is 0 Å². The van der Waals surface area contributed by atoms with Crippen LogP contribution in [0.25, 0.3) is 0 Å². The van der Waals surface area contributed by atoms with Crippen molar-refractivity contribution < 1.29 is 28.6 Å². The molecule has 6 nitrogen and oxygen atoms in total. The Balaban J connectivity index is 4.39. The van der Waals surface area contributed by atoms with Crippen LogP contribution in [0.15, 0.2) is 158 Å². The lowest BCUT2D eigenvalue weighted by Gasteiger charge is -2.18. The van der Waals surface area contributed by atoms with E-state index in [0.717, 1.165) is 180 Å². The summed E-state index contributed by atoms with van der Waals surface area (Å²) in [6.45, 7) is 6.34. The third-order valence-electron chi connectivity index (χ3n) is 13.7. The summed E-state index contributed by atoms with van der Waals surface area (Å²) >= 11 is 0. The van der Waals surface area contributed by atoms with Gasteiger partial charge in [-0.2, -0.15) is 0 Å². The third kappa shape index (κ3) is 65.8. The van der Waals surface area contributed by atoms with Gasteiger partial charge in [0.25, 0.3) is 0 Å². The quantitative estimate of drug-likeness (QED) is 0.0261. The van der Waals surface area contributed by atoms with E-state index < -0.39 is 6.10 Å². The molecular weight excluding hydrogens is 1010 g/mol. The van der Waals surface area contributed by atoms with Gasteiger partial charge in [0.05, 0.1) is 0 Å². The molecule has 0 aromatic heterocycles. The van der Waals surface area contributed by atoms with E-state index in [1.54, 1.807) is 0 Å². The number of esters is 3. The Kier molecular flexibility index (Phi) is 64.4. The average molecular weight is 1130 g/mol. The Labute approximate surface area is 505 Å². The van der Waals surface area contributed by atoms with Crippen LogP contribution in [0.2, 0.25) is 0 Å². The van der Waals surface area contributed by atoms with Gasteiger partial charge in [-0.3, -0.25) is 14.4 Å². The first-order chi connectivity index (χ1) is 40.5. The van der Waals surface area contributed by atoms with Crippen molar-refractivity contribution >= 4 is 17.9 Å². The second-order valence-electron chi connectivity index (χ2n) is 21.6. The van der Waals surface area contributed by atoms with Gasteiger partial charge in [0.2, 0.25) is 0 Å². The molecule has 0 saturated heterocycles. The van der Waals surface area contributed by atoms with Crippen molar-refractivity contribution in [1.29, 1.82) is 0 Å². The minimum Gasteiger partial charge on any atom is -0.462 e. The zero-order chi connectivity index (χ0) is 59.2. The van der Waals surface area contributed by atoms with Crippen molar-refractivity contribution in [3.05, 3.63) is 158 Å². The van der Waals surface area contributed by atoms with Crippen LogP contribution in [0.5, 0.6) is 0 Å². The summed E-state index contributed by atoms with van der Waals surface area (Å²) in [5, 5.41) is 0. The van der Waals surface area contributed by atoms with E-state index in [2.05, 4.69) is 179 Å². The predicted molar refractivity (Wildman–Crippen MR) is 357 cm³/mol. The highest BCUT2D eigenvalue weighted by atomic mass is 16.6. The lowest BCUT2D eigenvalue weighted by atomic mass is 10.1. The molecule has 82 heavy (non-hydrogen) atoms. The molecule has 0 fully saturated rings. The topological polar surface area (TPSA) is 78.9 Å². The van der Waals surface area contributed by atoms with Crippen LogP contribution >= 0.6 is 0 Å². The van der Waals surface area contributed by atoms with Gasteiger partial charge in [-0.25, -0.2) is 0 Å². The summed E-state index contributed by atoms with van der Waals surface area (Å²) in [7, 11) is 0. The summed E-state index contributed by atoms with van der Waals surface area (Å²) in [6, 6.07) is 0. The molecule has 6 heteroatoms. The highest BCUT2D eigenvalue weighted by Gasteiger charge is 2.19. The van der Waals surface area contributed by atoms with E-state index >= 15 is 0 Å². The van der Waals surface area contributed by atoms with E-state index in [-0.39, 0.29) is 31.1 Å². The van der Waals surface area contributed by atoms with Crippen molar-refractivity contribution in [2.24, 2.45) is 0 Å². The van der Waals surface area contributed by atoms with Gasteiger partial charge in [0.15, 0.2) is 6.10 Å². The molecule has 0 aromatic carbocycles. The zero-order valence-electron chi connectivity index (χ0n) is 52.9. The SMILES string of the molecule is CC/C=C\C/C=C\C/C=C\C/C=C\C/C=C\C/C=C\CCCCCCCCCCCCC(=O)OCC(COC(=O)CCCCCCC/C=C\C/C=C\CCCC)OC(=O)CCCCCCC/C=C\C/C=C\C/C=C\C/C=C\C/C=C\CC. The van der Waals surface area contributed by atoms with Crippen LogP contribution in [0.4, 0.5) is 0 Å². The maximum atomic E-state index is 12.9. The van der Waals surface area contributed by atoms with E-state index in [4.69, 9.17) is 14.2 Å². The maximum absolute atomic E-state index is 12.9. The van der Waals surface area contributed by atoms with Crippen LogP contribution < -0.4 is 0 Å². The lowest BCUT2D eigenvalue weighted by molar-refractivity contribution is -0.167. The van der Waals surface area contributed by atoms with Gasteiger partial charge in [0.1, 0.15) is 13.2 Å².